The molecule has 17 heteroatoms. The molecule has 1 fully saturated rings. The highest BCUT2D eigenvalue weighted by Crippen LogP contribution is 2.42. The Bertz CT molecular complexity index is 872. The maximum atomic E-state index is 14.0. The standard InChI is InChI=1S/C17H22F7NO8S/c1-11(2)12(26)33-15(16(20,21)22,13(27)25-6-9-31-10-7-25)32-8-4-3-5-14(18,19)17(23,24)34(28,29)30/h1,3-10H2,2H3,(H,28,29,30). The number of esters is 1. The number of amides is 1. The normalized spacial score (nSPS) is 17.7. The van der Waals surface area contributed by atoms with E-state index in [4.69, 9.17) is 9.29 Å². The van der Waals surface area contributed by atoms with Crippen molar-refractivity contribution in [1.29, 1.82) is 0 Å². The molecule has 0 aromatic heterocycles. The summed E-state index contributed by atoms with van der Waals surface area (Å²) in [5.41, 5.74) is -0.529. The third-order valence-corrected chi connectivity index (χ3v) is 5.42. The lowest BCUT2D eigenvalue weighted by Crippen LogP contribution is -2.63. The van der Waals surface area contributed by atoms with Gasteiger partial charge in [-0.15, -0.1) is 0 Å². The van der Waals surface area contributed by atoms with Gasteiger partial charge in [0, 0.05) is 25.1 Å². The number of unbranched alkanes of at least 4 members (excludes halogenated alkanes) is 1. The van der Waals surface area contributed by atoms with E-state index in [1.54, 1.807) is 0 Å². The van der Waals surface area contributed by atoms with E-state index in [2.05, 4.69) is 16.1 Å². The molecule has 1 amide bonds. The average Bonchev–Trinajstić information content (AvgIpc) is 2.70. The number of carbonyl (C=O) groups excluding carboxylic acids is 2. The predicted molar refractivity (Wildman–Crippen MR) is 98.3 cm³/mol. The number of hydrogen-bond donors (Lipinski definition) is 1. The lowest BCUT2D eigenvalue weighted by molar-refractivity contribution is -0.351. The van der Waals surface area contributed by atoms with Crippen LogP contribution in [0.3, 0.4) is 0 Å². The fourth-order valence-corrected chi connectivity index (χ4v) is 3.07. The number of ether oxygens (including phenoxy) is 3. The zero-order valence-corrected chi connectivity index (χ0v) is 18.5. The van der Waals surface area contributed by atoms with E-state index in [1.807, 2.05) is 0 Å². The van der Waals surface area contributed by atoms with Crippen molar-refractivity contribution >= 4 is 22.0 Å². The van der Waals surface area contributed by atoms with Crippen LogP contribution in [-0.2, 0) is 33.9 Å². The largest absolute Gasteiger partial charge is 0.466 e. The summed E-state index contributed by atoms with van der Waals surface area (Å²) in [5, 5.41) is -5.85. The highest BCUT2D eigenvalue weighted by Gasteiger charge is 2.68. The summed E-state index contributed by atoms with van der Waals surface area (Å²) < 4.78 is 138. The summed E-state index contributed by atoms with van der Waals surface area (Å²) in [6.07, 6.45) is -9.37. The topological polar surface area (TPSA) is 119 Å². The molecule has 1 unspecified atom stereocenters. The van der Waals surface area contributed by atoms with Crippen LogP contribution in [0.25, 0.3) is 0 Å². The number of alkyl halides is 7. The molecule has 0 bridgehead atoms. The molecule has 34 heavy (non-hydrogen) atoms. The van der Waals surface area contributed by atoms with Crippen LogP contribution in [0.4, 0.5) is 30.7 Å². The molecule has 1 rings (SSSR count). The molecule has 1 heterocycles. The molecule has 0 aromatic rings. The van der Waals surface area contributed by atoms with Crippen molar-refractivity contribution in [2.45, 2.75) is 49.3 Å². The van der Waals surface area contributed by atoms with E-state index < -0.39 is 76.6 Å². The minimum atomic E-state index is -6.48. The van der Waals surface area contributed by atoms with Crippen molar-refractivity contribution in [2.24, 2.45) is 0 Å². The van der Waals surface area contributed by atoms with Crippen molar-refractivity contribution in [2.75, 3.05) is 32.9 Å². The fourth-order valence-electron chi connectivity index (χ4n) is 2.59. The number of morpholine rings is 1. The molecule has 1 aliphatic rings. The summed E-state index contributed by atoms with van der Waals surface area (Å²) in [4.78, 5) is 25.2. The van der Waals surface area contributed by atoms with Crippen LogP contribution in [0, 0.1) is 0 Å². The molecule has 0 spiro atoms. The van der Waals surface area contributed by atoms with Gasteiger partial charge in [0.15, 0.2) is 0 Å². The van der Waals surface area contributed by atoms with E-state index in [0.717, 1.165) is 6.92 Å². The number of nitrogens with zero attached hydrogens (tertiary/aromatic N) is 1. The average molecular weight is 533 g/mol. The first-order chi connectivity index (χ1) is 15.3. The molecule has 198 valence electrons. The van der Waals surface area contributed by atoms with Gasteiger partial charge in [-0.1, -0.05) is 6.58 Å². The van der Waals surface area contributed by atoms with Crippen molar-refractivity contribution in [3.05, 3.63) is 12.2 Å². The quantitative estimate of drug-likeness (QED) is 0.108. The Kier molecular flexibility index (Phi) is 9.49. The monoisotopic (exact) mass is 533 g/mol. The van der Waals surface area contributed by atoms with Crippen LogP contribution < -0.4 is 0 Å². The number of rotatable bonds is 11. The summed E-state index contributed by atoms with van der Waals surface area (Å²) in [6, 6.07) is 0. The van der Waals surface area contributed by atoms with Gasteiger partial charge in [-0.2, -0.15) is 39.2 Å². The van der Waals surface area contributed by atoms with Crippen molar-refractivity contribution in [1.82, 2.24) is 4.90 Å². The Morgan fingerprint density at radius 2 is 1.59 bits per heavy atom. The van der Waals surface area contributed by atoms with Gasteiger partial charge < -0.3 is 19.1 Å². The number of hydrogen-bond acceptors (Lipinski definition) is 7. The van der Waals surface area contributed by atoms with Crippen LogP contribution in [0.5, 0.6) is 0 Å². The highest BCUT2D eigenvalue weighted by molar-refractivity contribution is 7.87. The summed E-state index contributed by atoms with van der Waals surface area (Å²) in [7, 11) is -6.48. The SMILES string of the molecule is C=C(C)C(=O)OC(OCCCCC(F)(F)C(F)(F)S(=O)(=O)O)(C(=O)N1CCOCC1)C(F)(F)F. The zero-order valence-electron chi connectivity index (χ0n) is 17.7. The number of halogens is 7. The van der Waals surface area contributed by atoms with E-state index in [-0.39, 0.29) is 26.3 Å². The Hall–Kier alpha value is -1.98. The molecule has 0 radical (unpaired) electrons. The maximum Gasteiger partial charge on any atom is 0.466 e. The Morgan fingerprint density at radius 1 is 1.06 bits per heavy atom. The summed E-state index contributed by atoms with van der Waals surface area (Å²) >= 11 is 0. The first-order valence-corrected chi connectivity index (χ1v) is 10.9. The second kappa shape index (κ2) is 10.7. The van der Waals surface area contributed by atoms with Gasteiger partial charge in [0.2, 0.25) is 0 Å². The minimum absolute atomic E-state index is 0.134. The molecular formula is C17H22F7NO8S. The van der Waals surface area contributed by atoms with Crippen LogP contribution in [0.2, 0.25) is 0 Å². The molecule has 1 aliphatic heterocycles. The first-order valence-electron chi connectivity index (χ1n) is 9.49. The molecular weight excluding hydrogens is 511 g/mol. The Balaban J connectivity index is 3.05. The highest BCUT2D eigenvalue weighted by atomic mass is 32.2. The molecule has 9 nitrogen and oxygen atoms in total. The lowest BCUT2D eigenvalue weighted by Gasteiger charge is -2.38. The molecule has 1 N–H and O–H groups in total. The third-order valence-electron chi connectivity index (χ3n) is 4.48. The number of carbonyl (C=O) groups is 2. The third kappa shape index (κ3) is 6.57. The molecule has 1 saturated heterocycles. The minimum Gasteiger partial charge on any atom is -0.412 e. The lowest BCUT2D eigenvalue weighted by atomic mass is 10.1. The molecule has 1 atom stereocenters. The van der Waals surface area contributed by atoms with Gasteiger partial charge in [-0.05, 0) is 19.8 Å². The van der Waals surface area contributed by atoms with Gasteiger partial charge in [-0.25, -0.2) is 4.79 Å². The first kappa shape index (κ1) is 30.1. The molecule has 0 aliphatic carbocycles. The Morgan fingerprint density at radius 3 is 2.03 bits per heavy atom. The van der Waals surface area contributed by atoms with Gasteiger partial charge >= 0.3 is 45.1 Å². The van der Waals surface area contributed by atoms with Gasteiger partial charge in [0.1, 0.15) is 0 Å². The van der Waals surface area contributed by atoms with Crippen molar-refractivity contribution < 1.29 is 67.5 Å². The van der Waals surface area contributed by atoms with Crippen LogP contribution in [0.15, 0.2) is 12.2 Å². The fraction of sp³-hybridized carbons (Fsp3) is 0.765. The van der Waals surface area contributed by atoms with Crippen LogP contribution in [-0.4, -0.2) is 85.8 Å². The van der Waals surface area contributed by atoms with E-state index in [0.29, 0.717) is 4.90 Å². The second-order valence-corrected chi connectivity index (χ2v) is 8.65. The van der Waals surface area contributed by atoms with Gasteiger partial charge in [0.05, 0.1) is 19.8 Å². The molecule has 0 aromatic carbocycles. The van der Waals surface area contributed by atoms with Gasteiger partial charge in [0.25, 0.3) is 0 Å². The smallest absolute Gasteiger partial charge is 0.412 e. The molecule has 0 saturated carbocycles. The van der Waals surface area contributed by atoms with Crippen molar-refractivity contribution in [3.63, 3.8) is 0 Å². The van der Waals surface area contributed by atoms with Crippen LogP contribution >= 0.6 is 0 Å². The van der Waals surface area contributed by atoms with Crippen molar-refractivity contribution in [3.8, 4) is 0 Å². The zero-order chi connectivity index (χ0) is 26.6. The predicted octanol–water partition coefficient (Wildman–Crippen LogP) is 2.53. The second-order valence-electron chi connectivity index (χ2n) is 7.19. The van der Waals surface area contributed by atoms with E-state index >= 15 is 0 Å². The maximum absolute atomic E-state index is 14.0. The van der Waals surface area contributed by atoms with E-state index in [1.165, 1.54) is 0 Å². The summed E-state index contributed by atoms with van der Waals surface area (Å²) in [5.74, 6) is -12.9. The van der Waals surface area contributed by atoms with Gasteiger partial charge in [-0.3, -0.25) is 9.35 Å². The van der Waals surface area contributed by atoms with E-state index in [9.17, 15) is 48.7 Å². The van der Waals surface area contributed by atoms with Crippen LogP contribution in [0.1, 0.15) is 26.2 Å². The Labute approximate surface area is 189 Å². The summed E-state index contributed by atoms with van der Waals surface area (Å²) in [6.45, 7) is 2.00.